The van der Waals surface area contributed by atoms with Gasteiger partial charge in [0.1, 0.15) is 0 Å². The first kappa shape index (κ1) is 16.4. The van der Waals surface area contributed by atoms with Gasteiger partial charge in [0.25, 0.3) is 5.91 Å². The summed E-state index contributed by atoms with van der Waals surface area (Å²) in [6.45, 7) is 1.15. The first-order chi connectivity index (χ1) is 12.7. The molecule has 1 atom stereocenters. The summed E-state index contributed by atoms with van der Waals surface area (Å²) in [6, 6.07) is 17.1. The van der Waals surface area contributed by atoms with E-state index in [-0.39, 0.29) is 17.7 Å². The summed E-state index contributed by atoms with van der Waals surface area (Å²) in [5, 5.41) is 4.03. The lowest BCUT2D eigenvalue weighted by molar-refractivity contribution is -0.121. The van der Waals surface area contributed by atoms with E-state index in [1.165, 1.54) is 0 Å². The van der Waals surface area contributed by atoms with Gasteiger partial charge in [0, 0.05) is 36.1 Å². The van der Waals surface area contributed by atoms with Crippen LogP contribution >= 0.6 is 0 Å². The summed E-state index contributed by atoms with van der Waals surface area (Å²) in [6.07, 6.45) is 3.51. The number of hydrogen-bond acceptors (Lipinski definition) is 2. The van der Waals surface area contributed by atoms with Crippen LogP contribution in [0.15, 0.2) is 60.8 Å². The van der Waals surface area contributed by atoms with Crippen molar-refractivity contribution in [1.29, 1.82) is 0 Å². The number of benzene rings is 2. The SMILES string of the molecule is O=C(Nc1ccccc1)[C@H]1CCCN(C(=O)c2ccc3cc[nH]c3c2)C1. The normalized spacial score (nSPS) is 17.2. The fourth-order valence-electron chi connectivity index (χ4n) is 3.50. The molecule has 0 radical (unpaired) electrons. The van der Waals surface area contributed by atoms with Crippen molar-refractivity contribution in [3.8, 4) is 0 Å². The molecule has 2 heterocycles. The number of rotatable bonds is 3. The molecule has 1 aromatic heterocycles. The minimum atomic E-state index is -0.179. The lowest BCUT2D eigenvalue weighted by Gasteiger charge is -2.32. The van der Waals surface area contributed by atoms with E-state index in [4.69, 9.17) is 0 Å². The van der Waals surface area contributed by atoms with Gasteiger partial charge in [-0.15, -0.1) is 0 Å². The highest BCUT2D eigenvalue weighted by molar-refractivity contribution is 5.99. The van der Waals surface area contributed by atoms with E-state index in [0.717, 1.165) is 29.4 Å². The van der Waals surface area contributed by atoms with E-state index in [2.05, 4.69) is 10.3 Å². The van der Waals surface area contributed by atoms with E-state index in [1.807, 2.05) is 60.8 Å². The van der Waals surface area contributed by atoms with Crippen molar-refractivity contribution in [3.63, 3.8) is 0 Å². The third-order valence-corrected chi connectivity index (χ3v) is 4.92. The number of anilines is 1. The molecule has 0 bridgehead atoms. The van der Waals surface area contributed by atoms with Crippen LogP contribution in [0.25, 0.3) is 10.9 Å². The highest BCUT2D eigenvalue weighted by Crippen LogP contribution is 2.22. The van der Waals surface area contributed by atoms with Gasteiger partial charge in [-0.2, -0.15) is 0 Å². The minimum Gasteiger partial charge on any atom is -0.361 e. The maximum atomic E-state index is 12.9. The van der Waals surface area contributed by atoms with Crippen LogP contribution in [0.5, 0.6) is 0 Å². The van der Waals surface area contributed by atoms with Gasteiger partial charge >= 0.3 is 0 Å². The number of nitrogens with zero attached hydrogens (tertiary/aromatic N) is 1. The van der Waals surface area contributed by atoms with Crippen LogP contribution in [-0.4, -0.2) is 34.8 Å². The third-order valence-electron chi connectivity index (χ3n) is 4.92. The highest BCUT2D eigenvalue weighted by Gasteiger charge is 2.29. The molecule has 0 saturated carbocycles. The molecule has 0 spiro atoms. The molecule has 3 aromatic rings. The largest absolute Gasteiger partial charge is 0.361 e. The zero-order valence-electron chi connectivity index (χ0n) is 14.4. The number of aromatic amines is 1. The number of para-hydroxylation sites is 1. The lowest BCUT2D eigenvalue weighted by atomic mass is 9.96. The molecule has 5 nitrogen and oxygen atoms in total. The monoisotopic (exact) mass is 347 g/mol. The summed E-state index contributed by atoms with van der Waals surface area (Å²) >= 11 is 0. The van der Waals surface area contributed by atoms with Crippen molar-refractivity contribution in [3.05, 3.63) is 66.4 Å². The number of H-pyrrole nitrogens is 1. The second-order valence-corrected chi connectivity index (χ2v) is 6.73. The number of aromatic nitrogens is 1. The summed E-state index contributed by atoms with van der Waals surface area (Å²) in [4.78, 5) is 30.4. The summed E-state index contributed by atoms with van der Waals surface area (Å²) in [5.41, 5.74) is 2.40. The van der Waals surface area contributed by atoms with E-state index in [9.17, 15) is 9.59 Å². The second-order valence-electron chi connectivity index (χ2n) is 6.73. The topological polar surface area (TPSA) is 65.2 Å². The predicted octanol–water partition coefficient (Wildman–Crippen LogP) is 3.66. The average Bonchev–Trinajstić information content (AvgIpc) is 3.16. The molecule has 4 rings (SSSR count). The number of nitrogens with one attached hydrogen (secondary N) is 2. The van der Waals surface area contributed by atoms with Gasteiger partial charge in [-0.25, -0.2) is 0 Å². The molecular formula is C21H21N3O2. The summed E-state index contributed by atoms with van der Waals surface area (Å²) < 4.78 is 0. The van der Waals surface area contributed by atoms with E-state index < -0.39 is 0 Å². The number of carbonyl (C=O) groups is 2. The Kier molecular flexibility index (Phi) is 4.44. The van der Waals surface area contributed by atoms with Crippen molar-refractivity contribution in [2.24, 2.45) is 5.92 Å². The standard InChI is InChI=1S/C21H21N3O2/c25-20(23-18-6-2-1-3-7-18)17-5-4-12-24(14-17)21(26)16-9-8-15-10-11-22-19(15)13-16/h1-3,6-11,13,17,22H,4-5,12,14H2,(H,23,25)/t17-/m0/s1. The molecule has 2 aromatic carbocycles. The number of piperidine rings is 1. The van der Waals surface area contributed by atoms with Gasteiger partial charge in [-0.3, -0.25) is 9.59 Å². The molecule has 2 N–H and O–H groups in total. The van der Waals surface area contributed by atoms with Gasteiger partial charge in [0.05, 0.1) is 5.92 Å². The van der Waals surface area contributed by atoms with Crippen molar-refractivity contribution in [2.75, 3.05) is 18.4 Å². The molecule has 2 amide bonds. The quantitative estimate of drug-likeness (QED) is 0.759. The van der Waals surface area contributed by atoms with Crippen LogP contribution < -0.4 is 5.32 Å². The number of amides is 2. The summed E-state index contributed by atoms with van der Waals surface area (Å²) in [5.74, 6) is -0.214. The molecule has 1 aliphatic heterocycles. The fraction of sp³-hybridized carbons (Fsp3) is 0.238. The Labute approximate surface area is 152 Å². The van der Waals surface area contributed by atoms with Crippen LogP contribution in [0.1, 0.15) is 23.2 Å². The molecule has 1 aliphatic rings. The number of likely N-dealkylation sites (tertiary alicyclic amines) is 1. The zero-order valence-corrected chi connectivity index (χ0v) is 14.4. The van der Waals surface area contributed by atoms with Crippen molar-refractivity contribution in [2.45, 2.75) is 12.8 Å². The van der Waals surface area contributed by atoms with Gasteiger partial charge in [-0.05, 0) is 48.6 Å². The Hall–Kier alpha value is -3.08. The minimum absolute atomic E-state index is 0.0151. The Morgan fingerprint density at radius 3 is 2.77 bits per heavy atom. The molecule has 132 valence electrons. The third kappa shape index (κ3) is 3.33. The fourth-order valence-corrected chi connectivity index (χ4v) is 3.50. The van der Waals surface area contributed by atoms with Gasteiger partial charge < -0.3 is 15.2 Å². The smallest absolute Gasteiger partial charge is 0.253 e. The molecular weight excluding hydrogens is 326 g/mol. The van der Waals surface area contributed by atoms with Crippen molar-refractivity contribution < 1.29 is 9.59 Å². The van der Waals surface area contributed by atoms with Gasteiger partial charge in [-0.1, -0.05) is 24.3 Å². The van der Waals surface area contributed by atoms with Crippen molar-refractivity contribution in [1.82, 2.24) is 9.88 Å². The molecule has 1 saturated heterocycles. The van der Waals surface area contributed by atoms with Crippen LogP contribution in [0, 0.1) is 5.92 Å². The van der Waals surface area contributed by atoms with Gasteiger partial charge in [0.2, 0.25) is 5.91 Å². The highest BCUT2D eigenvalue weighted by atomic mass is 16.2. The number of fused-ring (bicyclic) bond motifs is 1. The first-order valence-corrected chi connectivity index (χ1v) is 8.93. The van der Waals surface area contributed by atoms with Crippen LogP contribution in [0.2, 0.25) is 0 Å². The maximum Gasteiger partial charge on any atom is 0.253 e. The maximum absolute atomic E-state index is 12.9. The average molecular weight is 347 g/mol. The van der Waals surface area contributed by atoms with Gasteiger partial charge in [0.15, 0.2) is 0 Å². The molecule has 5 heteroatoms. The van der Waals surface area contributed by atoms with Crippen molar-refractivity contribution >= 4 is 28.4 Å². The van der Waals surface area contributed by atoms with Crippen LogP contribution in [-0.2, 0) is 4.79 Å². The molecule has 0 aliphatic carbocycles. The van der Waals surface area contributed by atoms with E-state index >= 15 is 0 Å². The van der Waals surface area contributed by atoms with E-state index in [0.29, 0.717) is 18.7 Å². The lowest BCUT2D eigenvalue weighted by Crippen LogP contribution is -2.43. The van der Waals surface area contributed by atoms with E-state index in [1.54, 1.807) is 4.90 Å². The molecule has 0 unspecified atom stereocenters. The molecule has 26 heavy (non-hydrogen) atoms. The molecule has 1 fully saturated rings. The predicted molar refractivity (Wildman–Crippen MR) is 102 cm³/mol. The second kappa shape index (κ2) is 7.04. The summed E-state index contributed by atoms with van der Waals surface area (Å²) in [7, 11) is 0. The zero-order chi connectivity index (χ0) is 17.9. The van der Waals surface area contributed by atoms with Crippen LogP contribution in [0.3, 0.4) is 0 Å². The number of hydrogen-bond donors (Lipinski definition) is 2. The Morgan fingerprint density at radius 1 is 1.08 bits per heavy atom. The Balaban J connectivity index is 1.45. The number of carbonyl (C=O) groups excluding carboxylic acids is 2. The van der Waals surface area contributed by atoms with Crippen LogP contribution in [0.4, 0.5) is 5.69 Å². The Bertz CT molecular complexity index is 933. The Morgan fingerprint density at radius 2 is 1.92 bits per heavy atom. The first-order valence-electron chi connectivity index (χ1n) is 8.93.